The fourth-order valence-electron chi connectivity index (χ4n) is 3.47. The lowest BCUT2D eigenvalue weighted by Crippen LogP contribution is -2.75. The van der Waals surface area contributed by atoms with Crippen molar-refractivity contribution in [2.45, 2.75) is 117 Å². The summed E-state index contributed by atoms with van der Waals surface area (Å²) < 4.78 is 228. The minimum atomic E-state index is -8.59. The molecule has 0 rings (SSSR count). The van der Waals surface area contributed by atoms with Crippen LogP contribution in [0.25, 0.3) is 0 Å². The van der Waals surface area contributed by atoms with E-state index in [0.717, 1.165) is 35.4 Å². The number of hydrogen-bond acceptors (Lipinski definition) is 0. The average Bonchev–Trinajstić information content (AvgIpc) is 2.74. The van der Waals surface area contributed by atoms with Crippen LogP contribution in [0.3, 0.4) is 0 Å². The fraction of sp³-hybridized carbons (Fsp3) is 1.00. The Morgan fingerprint density at radius 3 is 1.18 bits per heavy atom. The molecule has 0 amide bonds. The van der Waals surface area contributed by atoms with E-state index in [1.807, 2.05) is 6.92 Å². The largest absolute Gasteiger partial charge is 0.460 e. The summed E-state index contributed by atoms with van der Waals surface area (Å²) in [6.07, 6.45) is -5.94. The van der Waals surface area contributed by atoms with Gasteiger partial charge in [0.15, 0.2) is 0 Å². The van der Waals surface area contributed by atoms with Crippen LogP contribution in [0.2, 0.25) is 0 Å². The predicted molar refractivity (Wildman–Crippen MR) is 110 cm³/mol. The molecule has 0 aliphatic heterocycles. The molecule has 0 saturated heterocycles. The van der Waals surface area contributed by atoms with Gasteiger partial charge in [0.25, 0.3) is 0 Å². The van der Waals surface area contributed by atoms with Crippen molar-refractivity contribution in [3.8, 4) is 0 Å². The molecule has 0 nitrogen and oxygen atoms in total. The van der Waals surface area contributed by atoms with Gasteiger partial charge >= 0.3 is 47.6 Å². The highest BCUT2D eigenvalue weighted by Crippen LogP contribution is 2.65. The summed E-state index contributed by atoms with van der Waals surface area (Å²) in [5, 5.41) is 0. The first-order chi connectivity index (χ1) is 16.7. The van der Waals surface area contributed by atoms with Crippen molar-refractivity contribution < 1.29 is 74.6 Å². The Morgan fingerprint density at radius 2 is 0.816 bits per heavy atom. The van der Waals surface area contributed by atoms with E-state index in [0.29, 0.717) is 26.2 Å². The molecule has 230 valence electrons. The molecule has 0 heterocycles. The highest BCUT2D eigenvalue weighted by atomic mass is 127. The predicted octanol–water partition coefficient (Wildman–Crippen LogP) is 10.6. The Hall–Kier alpha value is -0.460. The monoisotopic (exact) mass is 714 g/mol. The van der Waals surface area contributed by atoms with Crippen LogP contribution in [0.4, 0.5) is 74.6 Å². The molecule has 0 aromatic carbocycles. The van der Waals surface area contributed by atoms with Crippen molar-refractivity contribution in [3.63, 3.8) is 0 Å². The second kappa shape index (κ2) is 12.2. The van der Waals surface area contributed by atoms with Crippen molar-refractivity contribution in [2.75, 3.05) is 0 Å². The molecular weight excluding hydrogens is 690 g/mol. The van der Waals surface area contributed by atoms with Gasteiger partial charge in [-0.3, -0.25) is 0 Å². The zero-order valence-corrected chi connectivity index (χ0v) is 21.8. The fourth-order valence-corrected chi connectivity index (χ4v) is 4.87. The summed E-state index contributed by atoms with van der Waals surface area (Å²) in [6.45, 7) is 2.58. The van der Waals surface area contributed by atoms with E-state index in [4.69, 9.17) is 0 Å². The highest BCUT2D eigenvalue weighted by Gasteiger charge is 2.95. The van der Waals surface area contributed by atoms with Crippen molar-refractivity contribution in [1.29, 1.82) is 0 Å². The third-order valence-electron chi connectivity index (χ3n) is 5.92. The van der Waals surface area contributed by atoms with Crippen LogP contribution in [0.5, 0.6) is 0 Å². The van der Waals surface area contributed by atoms with Crippen LogP contribution < -0.4 is 0 Å². The topological polar surface area (TPSA) is 0 Å². The Balaban J connectivity index is 6.35. The van der Waals surface area contributed by atoms with Crippen LogP contribution in [0, 0.1) is 5.92 Å². The van der Waals surface area contributed by atoms with Gasteiger partial charge in [-0.15, -0.1) is 0 Å². The summed E-state index contributed by atoms with van der Waals surface area (Å²) in [6, 6.07) is 0. The molecule has 0 saturated carbocycles. The Labute approximate surface area is 220 Å². The molecule has 0 aromatic rings. The zero-order valence-electron chi connectivity index (χ0n) is 19.6. The Morgan fingerprint density at radius 1 is 0.474 bits per heavy atom. The first-order valence-corrected chi connectivity index (χ1v) is 12.3. The van der Waals surface area contributed by atoms with Crippen LogP contribution in [-0.4, -0.2) is 51.6 Å². The van der Waals surface area contributed by atoms with Gasteiger partial charge in [0.05, 0.1) is 0 Å². The summed E-state index contributed by atoms with van der Waals surface area (Å²) in [5.74, 6) is -58.9. The average molecular weight is 714 g/mol. The minimum Gasteiger partial charge on any atom is -0.199 e. The van der Waals surface area contributed by atoms with Gasteiger partial charge < -0.3 is 0 Å². The normalized spacial score (nSPS) is 17.1. The number of unbranched alkanes of at least 4 members (excludes halogenated alkanes) is 5. The molecule has 2 unspecified atom stereocenters. The van der Waals surface area contributed by atoms with Crippen molar-refractivity contribution in [2.24, 2.45) is 5.92 Å². The molecule has 0 aromatic heterocycles. The number of hydrogen-bond donors (Lipinski definition) is 0. The summed E-state index contributed by atoms with van der Waals surface area (Å²) >= 11 is 1.10. The maximum absolute atomic E-state index is 14.6. The van der Waals surface area contributed by atoms with E-state index >= 15 is 0 Å². The van der Waals surface area contributed by atoms with Crippen LogP contribution >= 0.6 is 22.6 Å². The molecule has 18 heteroatoms. The summed E-state index contributed by atoms with van der Waals surface area (Å²) in [5.41, 5.74) is 0. The molecule has 0 fully saturated rings. The highest BCUT2D eigenvalue weighted by molar-refractivity contribution is 14.1. The van der Waals surface area contributed by atoms with Crippen molar-refractivity contribution >= 4 is 22.6 Å². The molecule has 0 N–H and O–H groups in total. The van der Waals surface area contributed by atoms with Gasteiger partial charge in [-0.1, -0.05) is 75.0 Å². The number of alkyl halides is 18. The Bertz CT molecular complexity index is 744. The molecule has 0 spiro atoms. The molecule has 2 atom stereocenters. The third-order valence-corrected chi connectivity index (χ3v) is 7.41. The van der Waals surface area contributed by atoms with Gasteiger partial charge in [0, 0.05) is 9.84 Å². The number of halogens is 18. The third kappa shape index (κ3) is 6.22. The second-order valence-electron chi connectivity index (χ2n) is 8.65. The van der Waals surface area contributed by atoms with E-state index in [9.17, 15) is 74.6 Å². The number of rotatable bonds is 16. The van der Waals surface area contributed by atoms with Gasteiger partial charge in [0.2, 0.25) is 0 Å². The molecule has 0 radical (unpaired) electrons. The maximum Gasteiger partial charge on any atom is 0.460 e. The van der Waals surface area contributed by atoms with E-state index in [-0.39, 0.29) is 12.8 Å². The van der Waals surface area contributed by atoms with E-state index in [1.165, 1.54) is 0 Å². The molecular formula is C20H24F17I. The van der Waals surface area contributed by atoms with Crippen LogP contribution in [0.1, 0.15) is 65.2 Å². The van der Waals surface area contributed by atoms with Gasteiger partial charge in [0.1, 0.15) is 0 Å². The van der Waals surface area contributed by atoms with Gasteiger partial charge in [-0.2, -0.15) is 74.6 Å². The SMILES string of the molecule is CCCCCCCCC(I)C(CC)C(F)(F)C(F)(F)C(F)(F)C(F)(F)C(F)(F)C(F)(F)C(F)(F)C(F)(F)F. The molecule has 0 aliphatic rings. The van der Waals surface area contributed by atoms with Crippen molar-refractivity contribution in [1.82, 2.24) is 0 Å². The molecule has 0 aliphatic carbocycles. The molecule has 0 bridgehead atoms. The quantitative estimate of drug-likeness (QED) is 0.0647. The van der Waals surface area contributed by atoms with Crippen LogP contribution in [-0.2, 0) is 0 Å². The smallest absolute Gasteiger partial charge is 0.199 e. The lowest BCUT2D eigenvalue weighted by Gasteiger charge is -2.44. The van der Waals surface area contributed by atoms with Crippen molar-refractivity contribution in [3.05, 3.63) is 0 Å². The lowest BCUT2D eigenvalue weighted by molar-refractivity contribution is -0.463. The van der Waals surface area contributed by atoms with E-state index in [1.54, 1.807) is 0 Å². The molecule has 38 heavy (non-hydrogen) atoms. The van der Waals surface area contributed by atoms with E-state index in [2.05, 4.69) is 0 Å². The zero-order chi connectivity index (χ0) is 30.8. The summed E-state index contributed by atoms with van der Waals surface area (Å²) in [7, 11) is 0. The Kier molecular flexibility index (Phi) is 12.0. The van der Waals surface area contributed by atoms with Gasteiger partial charge in [-0.05, 0) is 12.8 Å². The van der Waals surface area contributed by atoms with Crippen LogP contribution in [0.15, 0.2) is 0 Å². The maximum atomic E-state index is 14.6. The lowest BCUT2D eigenvalue weighted by atomic mass is 9.82. The first-order valence-electron chi connectivity index (χ1n) is 11.0. The first kappa shape index (κ1) is 37.5. The van der Waals surface area contributed by atoms with E-state index < -0.39 is 63.9 Å². The standard InChI is InChI=1S/C20H24F17I/c1-3-5-6-7-8-9-10-12(38)11(4-2)13(21,22)14(23,24)15(25,26)16(27,28)17(29,30)18(31,32)19(33,34)20(35,36)37/h11-12H,3-10H2,1-2H3. The minimum absolute atomic E-state index is 0.0683. The summed E-state index contributed by atoms with van der Waals surface area (Å²) in [4.78, 5) is 0. The second-order valence-corrected chi connectivity index (χ2v) is 10.3. The van der Waals surface area contributed by atoms with Gasteiger partial charge in [-0.25, -0.2) is 0 Å².